The van der Waals surface area contributed by atoms with Gasteiger partial charge in [0.15, 0.2) is 5.57 Å². The first-order chi connectivity index (χ1) is 8.10. The molecule has 5 heteroatoms. The first-order valence-electron chi connectivity index (χ1n) is 4.83. The fourth-order valence-corrected chi connectivity index (χ4v) is 1.64. The molecule has 0 amide bonds. The minimum atomic E-state index is -0.706. The van der Waals surface area contributed by atoms with Gasteiger partial charge in [-0.15, -0.1) is 0 Å². The molecule has 0 radical (unpaired) electrons. The van der Waals surface area contributed by atoms with Crippen LogP contribution < -0.4 is 0 Å². The van der Waals surface area contributed by atoms with E-state index in [1.807, 2.05) is 0 Å². The number of benzene rings is 1. The summed E-state index contributed by atoms with van der Waals surface area (Å²) in [5, 5.41) is 9.00. The number of rotatable bonds is 3. The molecular weight excluding hydrogens is 305 g/mol. The zero-order valence-electron chi connectivity index (χ0n) is 9.04. The Labute approximate surface area is 113 Å². The van der Waals surface area contributed by atoms with E-state index in [0.29, 0.717) is 5.56 Å². The van der Waals surface area contributed by atoms with E-state index in [4.69, 9.17) is 21.6 Å². The Kier molecular flexibility index (Phi) is 5.20. The number of hydrogen-bond acceptors (Lipinski definition) is 3. The van der Waals surface area contributed by atoms with Gasteiger partial charge in [0, 0.05) is 4.47 Å². The molecule has 0 heterocycles. The maximum Gasteiger partial charge on any atom is 0.350 e. The lowest BCUT2D eigenvalue weighted by molar-refractivity contribution is -0.137. The molecule has 0 aliphatic rings. The van der Waals surface area contributed by atoms with Gasteiger partial charge in [0.2, 0.25) is 0 Å². The van der Waals surface area contributed by atoms with Crippen LogP contribution in [-0.4, -0.2) is 12.6 Å². The SMILES string of the molecule is CCOC(=O)C(C#N)=C(Cl)c1ccc(Br)cc1. The first kappa shape index (κ1) is 13.8. The lowest BCUT2D eigenvalue weighted by Gasteiger charge is -2.04. The van der Waals surface area contributed by atoms with E-state index in [1.54, 1.807) is 37.3 Å². The van der Waals surface area contributed by atoms with Crippen LogP contribution in [-0.2, 0) is 9.53 Å². The Hall–Kier alpha value is -1.31. The average molecular weight is 315 g/mol. The Morgan fingerprint density at radius 1 is 1.47 bits per heavy atom. The van der Waals surface area contributed by atoms with E-state index < -0.39 is 5.97 Å². The Morgan fingerprint density at radius 3 is 2.53 bits per heavy atom. The van der Waals surface area contributed by atoms with Crippen LogP contribution in [0, 0.1) is 11.3 Å². The lowest BCUT2D eigenvalue weighted by atomic mass is 10.1. The molecule has 0 aliphatic carbocycles. The maximum atomic E-state index is 11.5. The van der Waals surface area contributed by atoms with Gasteiger partial charge >= 0.3 is 5.97 Å². The van der Waals surface area contributed by atoms with E-state index in [9.17, 15) is 4.79 Å². The number of ether oxygens (including phenoxy) is 1. The largest absolute Gasteiger partial charge is 0.462 e. The van der Waals surface area contributed by atoms with Gasteiger partial charge in [-0.3, -0.25) is 0 Å². The van der Waals surface area contributed by atoms with Gasteiger partial charge < -0.3 is 4.74 Å². The molecule has 1 rings (SSSR count). The predicted octanol–water partition coefficient (Wildman–Crippen LogP) is 3.49. The fraction of sp³-hybridized carbons (Fsp3) is 0.167. The van der Waals surface area contributed by atoms with Crippen molar-refractivity contribution in [3.63, 3.8) is 0 Å². The van der Waals surface area contributed by atoms with Gasteiger partial charge in [0.1, 0.15) is 6.07 Å². The summed E-state index contributed by atoms with van der Waals surface area (Å²) in [4.78, 5) is 11.5. The molecule has 17 heavy (non-hydrogen) atoms. The molecule has 0 unspecified atom stereocenters. The highest BCUT2D eigenvalue weighted by molar-refractivity contribution is 9.10. The Morgan fingerprint density at radius 2 is 2.06 bits per heavy atom. The van der Waals surface area contributed by atoms with Crippen molar-refractivity contribution in [1.82, 2.24) is 0 Å². The second-order valence-electron chi connectivity index (χ2n) is 3.03. The average Bonchev–Trinajstić information content (AvgIpc) is 2.31. The van der Waals surface area contributed by atoms with E-state index in [1.165, 1.54) is 0 Å². The van der Waals surface area contributed by atoms with Gasteiger partial charge in [-0.05, 0) is 24.6 Å². The van der Waals surface area contributed by atoms with Crippen LogP contribution in [0.15, 0.2) is 34.3 Å². The lowest BCUT2D eigenvalue weighted by Crippen LogP contribution is -2.07. The van der Waals surface area contributed by atoms with Gasteiger partial charge in [0.25, 0.3) is 0 Å². The monoisotopic (exact) mass is 313 g/mol. The topological polar surface area (TPSA) is 50.1 Å². The normalized spacial score (nSPS) is 11.4. The molecular formula is C12H9BrClNO2. The zero-order valence-corrected chi connectivity index (χ0v) is 11.4. The van der Waals surface area contributed by atoms with Crippen molar-refractivity contribution in [2.75, 3.05) is 6.61 Å². The Bertz CT molecular complexity index is 488. The molecule has 3 nitrogen and oxygen atoms in total. The number of hydrogen-bond donors (Lipinski definition) is 0. The van der Waals surface area contributed by atoms with Crippen molar-refractivity contribution in [1.29, 1.82) is 5.26 Å². The molecule has 1 aromatic carbocycles. The van der Waals surface area contributed by atoms with E-state index in [2.05, 4.69) is 15.9 Å². The smallest absolute Gasteiger partial charge is 0.350 e. The number of halogens is 2. The van der Waals surface area contributed by atoms with E-state index in [0.717, 1.165) is 4.47 Å². The molecule has 0 aromatic heterocycles. The second kappa shape index (κ2) is 6.43. The molecule has 0 saturated carbocycles. The third-order valence-electron chi connectivity index (χ3n) is 1.91. The summed E-state index contributed by atoms with van der Waals surface area (Å²) < 4.78 is 5.64. The highest BCUT2D eigenvalue weighted by Gasteiger charge is 2.16. The van der Waals surface area contributed by atoms with Gasteiger partial charge in [-0.2, -0.15) is 5.26 Å². The second-order valence-corrected chi connectivity index (χ2v) is 4.32. The molecule has 0 fully saturated rings. The van der Waals surface area contributed by atoms with Gasteiger partial charge in [-0.25, -0.2) is 4.79 Å². The molecule has 0 spiro atoms. The van der Waals surface area contributed by atoms with Crippen molar-refractivity contribution in [2.45, 2.75) is 6.92 Å². The number of carbonyl (C=O) groups excluding carboxylic acids is 1. The van der Waals surface area contributed by atoms with Gasteiger partial charge in [0.05, 0.1) is 11.6 Å². The van der Waals surface area contributed by atoms with Crippen LogP contribution in [0.1, 0.15) is 12.5 Å². The zero-order chi connectivity index (χ0) is 12.8. The molecule has 0 N–H and O–H groups in total. The molecule has 88 valence electrons. The van der Waals surface area contributed by atoms with Crippen LogP contribution in [0.4, 0.5) is 0 Å². The van der Waals surface area contributed by atoms with Crippen LogP contribution in [0.25, 0.3) is 5.03 Å². The molecule has 0 bridgehead atoms. The number of carbonyl (C=O) groups is 1. The van der Waals surface area contributed by atoms with E-state index in [-0.39, 0.29) is 17.2 Å². The standard InChI is InChI=1S/C12H9BrClNO2/c1-2-17-12(16)10(7-15)11(14)8-3-5-9(13)6-4-8/h3-6H,2H2,1H3. The van der Waals surface area contributed by atoms with Crippen LogP contribution in [0.2, 0.25) is 0 Å². The first-order valence-corrected chi connectivity index (χ1v) is 6.00. The fourth-order valence-electron chi connectivity index (χ4n) is 1.13. The predicted molar refractivity (Wildman–Crippen MR) is 69.2 cm³/mol. The van der Waals surface area contributed by atoms with Crippen molar-refractivity contribution in [3.8, 4) is 6.07 Å². The summed E-state index contributed by atoms with van der Waals surface area (Å²) in [6, 6.07) is 8.73. The van der Waals surface area contributed by atoms with Crippen LogP contribution in [0.3, 0.4) is 0 Å². The minimum Gasteiger partial charge on any atom is -0.462 e. The van der Waals surface area contributed by atoms with Crippen LogP contribution >= 0.6 is 27.5 Å². The number of nitriles is 1. The highest BCUT2D eigenvalue weighted by Crippen LogP contribution is 2.25. The summed E-state index contributed by atoms with van der Waals surface area (Å²) in [7, 11) is 0. The molecule has 0 atom stereocenters. The van der Waals surface area contributed by atoms with Crippen molar-refractivity contribution in [2.24, 2.45) is 0 Å². The van der Waals surface area contributed by atoms with E-state index >= 15 is 0 Å². The molecule has 1 aromatic rings. The van der Waals surface area contributed by atoms with Crippen LogP contribution in [0.5, 0.6) is 0 Å². The minimum absolute atomic E-state index is 0.0958. The molecule has 0 saturated heterocycles. The maximum absolute atomic E-state index is 11.5. The van der Waals surface area contributed by atoms with Crippen molar-refractivity contribution in [3.05, 3.63) is 39.9 Å². The van der Waals surface area contributed by atoms with Gasteiger partial charge in [-0.1, -0.05) is 39.7 Å². The van der Waals surface area contributed by atoms with Crippen molar-refractivity contribution >= 4 is 38.5 Å². The Balaban J connectivity index is 3.13. The summed E-state index contributed by atoms with van der Waals surface area (Å²) >= 11 is 9.28. The summed E-state index contributed by atoms with van der Waals surface area (Å²) in [6.07, 6.45) is 0. The third kappa shape index (κ3) is 3.58. The summed E-state index contributed by atoms with van der Waals surface area (Å²) in [6.45, 7) is 1.87. The highest BCUT2D eigenvalue weighted by atomic mass is 79.9. The summed E-state index contributed by atoms with van der Waals surface area (Å²) in [5.41, 5.74) is 0.412. The summed E-state index contributed by atoms with van der Waals surface area (Å²) in [5.74, 6) is -0.706. The quantitative estimate of drug-likeness (QED) is 0.487. The van der Waals surface area contributed by atoms with Crippen molar-refractivity contribution < 1.29 is 9.53 Å². The number of nitrogens with zero attached hydrogens (tertiary/aromatic N) is 1. The number of esters is 1. The third-order valence-corrected chi connectivity index (χ3v) is 2.84. The molecule has 0 aliphatic heterocycles.